The highest BCUT2D eigenvalue weighted by atomic mass is 16.5. The Kier molecular flexibility index (Phi) is 4.34. The normalized spacial score (nSPS) is 11.3. The highest BCUT2D eigenvalue weighted by Crippen LogP contribution is 2.34. The van der Waals surface area contributed by atoms with Gasteiger partial charge < -0.3 is 26.6 Å². The van der Waals surface area contributed by atoms with Crippen LogP contribution in [0.2, 0.25) is 0 Å². The number of carbonyl (C=O) groups excluding carboxylic acids is 1. The average Bonchev–Trinajstić information content (AvgIpc) is 3.05. The van der Waals surface area contributed by atoms with E-state index in [1.165, 1.54) is 6.21 Å². The third-order valence-corrected chi connectivity index (χ3v) is 4.44. The van der Waals surface area contributed by atoms with Crippen molar-refractivity contribution in [1.29, 1.82) is 5.41 Å². The smallest absolute Gasteiger partial charge is 0.317 e. The van der Waals surface area contributed by atoms with Crippen molar-refractivity contribution < 1.29 is 9.53 Å². The second kappa shape index (κ2) is 6.86. The molecule has 9 nitrogen and oxygen atoms in total. The van der Waals surface area contributed by atoms with Crippen molar-refractivity contribution in [2.75, 3.05) is 5.73 Å². The van der Waals surface area contributed by atoms with Crippen molar-refractivity contribution in [2.24, 2.45) is 5.73 Å². The Morgan fingerprint density at radius 3 is 2.72 bits per heavy atom. The number of ether oxygens (including phenoxy) is 1. The minimum Gasteiger partial charge on any atom is -0.461 e. The van der Waals surface area contributed by atoms with Crippen LogP contribution in [0, 0.1) is 5.41 Å². The molecule has 0 saturated heterocycles. The molecule has 4 aromatic rings. The maximum absolute atomic E-state index is 12.1. The molecule has 3 heterocycles. The minimum absolute atomic E-state index is 0.0770. The number of nitrogen functional groups attached to an aromatic ring is 1. The van der Waals surface area contributed by atoms with Crippen LogP contribution in [0.3, 0.4) is 0 Å². The van der Waals surface area contributed by atoms with Crippen molar-refractivity contribution in [2.45, 2.75) is 20.0 Å². The van der Waals surface area contributed by atoms with Crippen molar-refractivity contribution in [3.63, 3.8) is 0 Å². The van der Waals surface area contributed by atoms with Gasteiger partial charge in [-0.2, -0.15) is 4.98 Å². The van der Waals surface area contributed by atoms with Gasteiger partial charge in [-0.25, -0.2) is 9.97 Å². The first kappa shape index (κ1) is 18.4. The molecule has 0 unspecified atom stereocenters. The molecule has 0 aliphatic carbocycles. The van der Waals surface area contributed by atoms with Crippen molar-refractivity contribution in [3.05, 3.63) is 41.7 Å². The maximum atomic E-state index is 12.1. The lowest BCUT2D eigenvalue weighted by Crippen LogP contribution is -2.14. The fraction of sp³-hybridized carbons (Fsp3) is 0.150. The summed E-state index contributed by atoms with van der Waals surface area (Å²) in [5.41, 5.74) is 14.9. The number of nitrogens with zero attached hydrogens (tertiary/aromatic N) is 3. The quantitative estimate of drug-likeness (QED) is 0.303. The molecule has 146 valence electrons. The van der Waals surface area contributed by atoms with Crippen molar-refractivity contribution in [3.8, 4) is 17.4 Å². The van der Waals surface area contributed by atoms with E-state index in [0.717, 1.165) is 5.52 Å². The van der Waals surface area contributed by atoms with E-state index in [1.807, 2.05) is 13.8 Å². The Morgan fingerprint density at radius 2 is 2.03 bits per heavy atom. The fourth-order valence-electron chi connectivity index (χ4n) is 3.25. The predicted octanol–water partition coefficient (Wildman–Crippen LogP) is 2.64. The highest BCUT2D eigenvalue weighted by Gasteiger charge is 2.19. The number of amides is 1. The first-order valence-electron chi connectivity index (χ1n) is 8.94. The molecule has 9 heteroatoms. The number of carbonyl (C=O) groups is 1. The first-order chi connectivity index (χ1) is 13.9. The van der Waals surface area contributed by atoms with Crippen LogP contribution in [0.25, 0.3) is 33.2 Å². The first-order valence-corrected chi connectivity index (χ1v) is 8.94. The average molecular weight is 389 g/mol. The van der Waals surface area contributed by atoms with Crippen LogP contribution < -0.4 is 16.2 Å². The van der Waals surface area contributed by atoms with Crippen LogP contribution >= 0.6 is 0 Å². The summed E-state index contributed by atoms with van der Waals surface area (Å²) in [7, 11) is 0. The van der Waals surface area contributed by atoms with Crippen LogP contribution in [0.4, 0.5) is 5.69 Å². The van der Waals surface area contributed by atoms with Crippen LogP contribution in [-0.2, 0) is 0 Å². The molecule has 1 aromatic carbocycles. The topological polar surface area (TPSA) is 157 Å². The van der Waals surface area contributed by atoms with E-state index in [9.17, 15) is 4.79 Å². The lowest BCUT2D eigenvalue weighted by Gasteiger charge is -2.09. The number of benzene rings is 1. The number of nitrogens with two attached hydrogens (primary N) is 2. The second-order valence-corrected chi connectivity index (χ2v) is 6.79. The molecule has 3 aromatic heterocycles. The van der Waals surface area contributed by atoms with Crippen LogP contribution in [-0.4, -0.2) is 38.2 Å². The number of primary amides is 1. The van der Waals surface area contributed by atoms with Gasteiger partial charge in [0.2, 0.25) is 0 Å². The van der Waals surface area contributed by atoms with Gasteiger partial charge in [0.25, 0.3) is 5.91 Å². The molecular weight excluding hydrogens is 370 g/mol. The van der Waals surface area contributed by atoms with Crippen LogP contribution in [0.5, 0.6) is 6.01 Å². The number of anilines is 1. The SMILES string of the molecule is CC(C)Oc1nccc(-c2cc3c([nH]c4ccc(N)c(C=N)c43)c(C(N)=O)n2)n1. The molecule has 0 saturated carbocycles. The van der Waals surface area contributed by atoms with Gasteiger partial charge in [0.05, 0.1) is 23.0 Å². The largest absolute Gasteiger partial charge is 0.461 e. The van der Waals surface area contributed by atoms with E-state index in [4.69, 9.17) is 21.6 Å². The van der Waals surface area contributed by atoms with Gasteiger partial charge in [-0.1, -0.05) is 0 Å². The maximum Gasteiger partial charge on any atom is 0.317 e. The number of rotatable bonds is 5. The van der Waals surface area contributed by atoms with E-state index in [1.54, 1.807) is 30.5 Å². The molecule has 6 N–H and O–H groups in total. The number of hydrogen-bond donors (Lipinski definition) is 4. The molecule has 0 bridgehead atoms. The summed E-state index contributed by atoms with van der Waals surface area (Å²) in [6.07, 6.45) is 2.66. The number of aromatic amines is 1. The van der Waals surface area contributed by atoms with Gasteiger partial charge in [0, 0.05) is 40.0 Å². The van der Waals surface area contributed by atoms with E-state index >= 15 is 0 Å². The fourth-order valence-corrected chi connectivity index (χ4v) is 3.25. The molecule has 29 heavy (non-hydrogen) atoms. The number of hydrogen-bond acceptors (Lipinski definition) is 7. The number of fused-ring (bicyclic) bond motifs is 3. The lowest BCUT2D eigenvalue weighted by atomic mass is 10.0. The number of H-pyrrole nitrogens is 1. The molecule has 0 radical (unpaired) electrons. The van der Waals surface area contributed by atoms with E-state index in [0.29, 0.717) is 38.9 Å². The van der Waals surface area contributed by atoms with E-state index in [2.05, 4.69) is 19.9 Å². The van der Waals surface area contributed by atoms with Gasteiger partial charge in [0.1, 0.15) is 0 Å². The minimum atomic E-state index is -0.680. The molecule has 0 aliphatic heterocycles. The molecule has 0 aliphatic rings. The lowest BCUT2D eigenvalue weighted by molar-refractivity contribution is 0.0997. The van der Waals surface area contributed by atoms with Crippen LogP contribution in [0.15, 0.2) is 30.5 Å². The standard InChI is InChI=1S/C20H19N7O2/c1-9(2)29-20-24-6-5-13(27-20)15-7-10-16-11(8-21)12(22)3-4-14(16)25-17(10)18(26-15)19(23)28/h3-9,21,25H,22H2,1-2H3,(H2,23,28). The summed E-state index contributed by atoms with van der Waals surface area (Å²) in [6, 6.07) is 7.17. The summed E-state index contributed by atoms with van der Waals surface area (Å²) < 4.78 is 5.55. The summed E-state index contributed by atoms with van der Waals surface area (Å²) in [5.74, 6) is -0.680. The third-order valence-electron chi connectivity index (χ3n) is 4.44. The molecule has 1 amide bonds. The van der Waals surface area contributed by atoms with Gasteiger partial charge in [-0.3, -0.25) is 4.79 Å². The Labute approximate surface area is 165 Å². The van der Waals surface area contributed by atoms with Gasteiger partial charge in [-0.05, 0) is 38.1 Å². The van der Waals surface area contributed by atoms with Crippen molar-refractivity contribution in [1.82, 2.24) is 19.9 Å². The zero-order chi connectivity index (χ0) is 20.7. The Hall–Kier alpha value is -4.01. The number of aromatic nitrogens is 4. The van der Waals surface area contributed by atoms with E-state index < -0.39 is 5.91 Å². The predicted molar refractivity (Wildman–Crippen MR) is 111 cm³/mol. The molecule has 4 rings (SSSR count). The molecule has 0 atom stereocenters. The van der Waals surface area contributed by atoms with E-state index in [-0.39, 0.29) is 17.8 Å². The molecule has 0 spiro atoms. The zero-order valence-electron chi connectivity index (χ0n) is 15.9. The number of nitrogens with one attached hydrogen (secondary N) is 2. The van der Waals surface area contributed by atoms with Crippen LogP contribution in [0.1, 0.15) is 29.9 Å². The van der Waals surface area contributed by atoms with Gasteiger partial charge in [-0.15, -0.1) is 0 Å². The summed E-state index contributed by atoms with van der Waals surface area (Å²) in [5, 5.41) is 9.16. The van der Waals surface area contributed by atoms with Gasteiger partial charge >= 0.3 is 6.01 Å². The second-order valence-electron chi connectivity index (χ2n) is 6.79. The monoisotopic (exact) mass is 389 g/mol. The summed E-state index contributed by atoms with van der Waals surface area (Å²) in [4.78, 5) is 28.2. The Balaban J connectivity index is 2.04. The zero-order valence-corrected chi connectivity index (χ0v) is 15.9. The Bertz CT molecular complexity index is 1280. The Morgan fingerprint density at radius 1 is 1.24 bits per heavy atom. The van der Waals surface area contributed by atoms with Gasteiger partial charge in [0.15, 0.2) is 5.69 Å². The third kappa shape index (κ3) is 3.12. The molecule has 0 fully saturated rings. The van der Waals surface area contributed by atoms with Crippen molar-refractivity contribution >= 4 is 39.6 Å². The summed E-state index contributed by atoms with van der Waals surface area (Å²) >= 11 is 0. The number of pyridine rings is 1. The molecular formula is C20H19N7O2. The summed E-state index contributed by atoms with van der Waals surface area (Å²) in [6.45, 7) is 3.75. The highest BCUT2D eigenvalue weighted by molar-refractivity contribution is 6.20.